The van der Waals surface area contributed by atoms with Crippen molar-refractivity contribution in [2.24, 2.45) is 0 Å². The van der Waals surface area contributed by atoms with Crippen LogP contribution in [0.3, 0.4) is 0 Å². The van der Waals surface area contributed by atoms with Crippen molar-refractivity contribution in [2.75, 3.05) is 6.54 Å². The van der Waals surface area contributed by atoms with Crippen molar-refractivity contribution < 1.29 is 4.74 Å². The van der Waals surface area contributed by atoms with E-state index in [-0.39, 0.29) is 5.60 Å². The van der Waals surface area contributed by atoms with Crippen LogP contribution in [0.25, 0.3) is 0 Å². The maximum absolute atomic E-state index is 5.94. The first-order valence-electron chi connectivity index (χ1n) is 8.67. The lowest BCUT2D eigenvalue weighted by Crippen LogP contribution is -2.24. The third-order valence-electron chi connectivity index (χ3n) is 4.53. The molecule has 1 heterocycles. The first kappa shape index (κ1) is 14.9. The standard InChI is InChI=1S/C19H29NO/c1-19(2)14-16-13-15(8-11-18(16)21-19)7-5-3-4-6-12-20-17-9-10-17/h8,11,13,17,20H,3-7,9-10,12,14H2,1-2H3. The van der Waals surface area contributed by atoms with Crippen LogP contribution < -0.4 is 10.1 Å². The summed E-state index contributed by atoms with van der Waals surface area (Å²) in [5.41, 5.74) is 2.85. The summed E-state index contributed by atoms with van der Waals surface area (Å²) in [4.78, 5) is 0. The Morgan fingerprint density at radius 1 is 1.14 bits per heavy atom. The molecule has 1 aromatic carbocycles. The normalized spacial score (nSPS) is 19.3. The summed E-state index contributed by atoms with van der Waals surface area (Å²) in [5, 5.41) is 3.59. The van der Waals surface area contributed by atoms with Gasteiger partial charge in [-0.3, -0.25) is 0 Å². The zero-order valence-electron chi connectivity index (χ0n) is 13.6. The summed E-state index contributed by atoms with van der Waals surface area (Å²) in [6.45, 7) is 5.56. The molecule has 1 aliphatic carbocycles. The van der Waals surface area contributed by atoms with Crippen LogP contribution in [0.1, 0.15) is 63.5 Å². The molecule has 0 bridgehead atoms. The fraction of sp³-hybridized carbons (Fsp3) is 0.684. The Morgan fingerprint density at radius 2 is 1.95 bits per heavy atom. The molecule has 2 aliphatic rings. The van der Waals surface area contributed by atoms with E-state index >= 15 is 0 Å². The molecule has 0 aromatic heterocycles. The molecule has 0 amide bonds. The first-order valence-corrected chi connectivity index (χ1v) is 8.67. The highest BCUT2D eigenvalue weighted by molar-refractivity contribution is 5.41. The number of ether oxygens (including phenoxy) is 1. The van der Waals surface area contributed by atoms with Gasteiger partial charge in [-0.2, -0.15) is 0 Å². The van der Waals surface area contributed by atoms with Crippen LogP contribution in [0, 0.1) is 0 Å². The van der Waals surface area contributed by atoms with Crippen molar-refractivity contribution in [1.82, 2.24) is 5.32 Å². The predicted octanol–water partition coefficient (Wildman–Crippen LogP) is 4.26. The van der Waals surface area contributed by atoms with Crippen molar-refractivity contribution in [3.8, 4) is 5.75 Å². The average molecular weight is 287 g/mol. The van der Waals surface area contributed by atoms with Crippen molar-refractivity contribution in [1.29, 1.82) is 0 Å². The van der Waals surface area contributed by atoms with Gasteiger partial charge in [0.1, 0.15) is 11.4 Å². The molecule has 21 heavy (non-hydrogen) atoms. The van der Waals surface area contributed by atoms with Crippen molar-refractivity contribution in [3.05, 3.63) is 29.3 Å². The van der Waals surface area contributed by atoms with Gasteiger partial charge in [0.2, 0.25) is 0 Å². The number of rotatable bonds is 8. The SMILES string of the molecule is CC1(C)Cc2cc(CCCCCCNC3CC3)ccc2O1. The van der Waals surface area contributed by atoms with Gasteiger partial charge in [0.05, 0.1) is 0 Å². The van der Waals surface area contributed by atoms with Gasteiger partial charge >= 0.3 is 0 Å². The Bertz CT molecular complexity index is 476. The molecular formula is C19H29NO. The lowest BCUT2D eigenvalue weighted by atomic mass is 9.98. The third-order valence-corrected chi connectivity index (χ3v) is 4.53. The van der Waals surface area contributed by atoms with Crippen LogP contribution in [-0.4, -0.2) is 18.2 Å². The van der Waals surface area contributed by atoms with E-state index in [1.165, 1.54) is 62.6 Å². The van der Waals surface area contributed by atoms with Gasteiger partial charge in [0.25, 0.3) is 0 Å². The van der Waals surface area contributed by atoms with E-state index in [1.54, 1.807) is 0 Å². The minimum Gasteiger partial charge on any atom is -0.487 e. The van der Waals surface area contributed by atoms with Crippen LogP contribution in [-0.2, 0) is 12.8 Å². The molecule has 1 N–H and O–H groups in total. The number of unbranched alkanes of at least 4 members (excludes halogenated alkanes) is 3. The van der Waals surface area contributed by atoms with E-state index in [2.05, 4.69) is 37.4 Å². The van der Waals surface area contributed by atoms with Crippen LogP contribution in [0.2, 0.25) is 0 Å². The average Bonchev–Trinajstić information content (AvgIpc) is 3.19. The lowest BCUT2D eigenvalue weighted by molar-refractivity contribution is 0.138. The van der Waals surface area contributed by atoms with E-state index < -0.39 is 0 Å². The van der Waals surface area contributed by atoms with Gasteiger partial charge in [-0.15, -0.1) is 0 Å². The second kappa shape index (κ2) is 6.39. The first-order chi connectivity index (χ1) is 10.1. The maximum atomic E-state index is 5.94. The molecule has 0 spiro atoms. The lowest BCUT2D eigenvalue weighted by Gasteiger charge is -2.16. The molecule has 2 nitrogen and oxygen atoms in total. The molecule has 1 saturated carbocycles. The van der Waals surface area contributed by atoms with Crippen LogP contribution >= 0.6 is 0 Å². The van der Waals surface area contributed by atoms with Gasteiger partial charge in [-0.1, -0.05) is 25.0 Å². The quantitative estimate of drug-likeness (QED) is 0.722. The highest BCUT2D eigenvalue weighted by Gasteiger charge is 2.29. The molecule has 116 valence electrons. The summed E-state index contributed by atoms with van der Waals surface area (Å²) in [5.74, 6) is 1.09. The number of hydrogen-bond acceptors (Lipinski definition) is 2. The van der Waals surface area contributed by atoms with Gasteiger partial charge in [-0.25, -0.2) is 0 Å². The molecular weight excluding hydrogens is 258 g/mol. The summed E-state index contributed by atoms with van der Waals surface area (Å²) < 4.78 is 5.94. The van der Waals surface area contributed by atoms with E-state index in [9.17, 15) is 0 Å². The van der Waals surface area contributed by atoms with Crippen LogP contribution in [0.5, 0.6) is 5.75 Å². The Hall–Kier alpha value is -1.02. The Morgan fingerprint density at radius 3 is 2.76 bits per heavy atom. The molecule has 2 heteroatoms. The van der Waals surface area contributed by atoms with Gasteiger partial charge < -0.3 is 10.1 Å². The molecule has 0 atom stereocenters. The fourth-order valence-electron chi connectivity index (χ4n) is 3.22. The molecule has 0 radical (unpaired) electrons. The molecule has 1 aromatic rings. The topological polar surface area (TPSA) is 21.3 Å². The van der Waals surface area contributed by atoms with Crippen LogP contribution in [0.4, 0.5) is 0 Å². The van der Waals surface area contributed by atoms with Gasteiger partial charge in [-0.05, 0) is 69.7 Å². The number of aryl methyl sites for hydroxylation is 1. The second-order valence-corrected chi connectivity index (χ2v) is 7.37. The summed E-state index contributed by atoms with van der Waals surface area (Å²) in [6, 6.07) is 7.63. The molecule has 3 rings (SSSR count). The van der Waals surface area contributed by atoms with Crippen molar-refractivity contribution >= 4 is 0 Å². The highest BCUT2D eigenvalue weighted by Crippen LogP contribution is 2.35. The van der Waals surface area contributed by atoms with Crippen LogP contribution in [0.15, 0.2) is 18.2 Å². The maximum Gasteiger partial charge on any atom is 0.123 e. The van der Waals surface area contributed by atoms with Gasteiger partial charge in [0, 0.05) is 12.5 Å². The molecule has 1 aliphatic heterocycles. The van der Waals surface area contributed by atoms with E-state index in [1.807, 2.05) is 0 Å². The highest BCUT2D eigenvalue weighted by atomic mass is 16.5. The van der Waals surface area contributed by atoms with Crippen molar-refractivity contribution in [2.45, 2.75) is 76.9 Å². The largest absolute Gasteiger partial charge is 0.487 e. The summed E-state index contributed by atoms with van der Waals surface area (Å²) >= 11 is 0. The van der Waals surface area contributed by atoms with E-state index in [4.69, 9.17) is 4.74 Å². The predicted molar refractivity (Wildman–Crippen MR) is 88.0 cm³/mol. The molecule has 0 unspecified atom stereocenters. The van der Waals surface area contributed by atoms with E-state index in [0.29, 0.717) is 0 Å². The second-order valence-electron chi connectivity index (χ2n) is 7.37. The Kier molecular flexibility index (Phi) is 4.54. The number of hydrogen-bond donors (Lipinski definition) is 1. The number of fused-ring (bicyclic) bond motifs is 1. The number of benzene rings is 1. The summed E-state index contributed by atoms with van der Waals surface area (Å²) in [7, 11) is 0. The van der Waals surface area contributed by atoms with E-state index in [0.717, 1.165) is 18.2 Å². The number of nitrogens with one attached hydrogen (secondary N) is 1. The smallest absolute Gasteiger partial charge is 0.123 e. The Balaban J connectivity index is 1.34. The minimum absolute atomic E-state index is 0.0183. The van der Waals surface area contributed by atoms with Crippen molar-refractivity contribution in [3.63, 3.8) is 0 Å². The molecule has 0 saturated heterocycles. The fourth-order valence-corrected chi connectivity index (χ4v) is 3.22. The Labute approximate surface area is 129 Å². The zero-order chi connectivity index (χ0) is 14.7. The molecule has 1 fully saturated rings. The third kappa shape index (κ3) is 4.47. The summed E-state index contributed by atoms with van der Waals surface area (Å²) in [6.07, 6.45) is 10.4. The monoisotopic (exact) mass is 287 g/mol. The minimum atomic E-state index is -0.0183. The van der Waals surface area contributed by atoms with Gasteiger partial charge in [0.15, 0.2) is 0 Å². The zero-order valence-corrected chi connectivity index (χ0v) is 13.6.